The quantitative estimate of drug-likeness (QED) is 0.637. The Balaban J connectivity index is 1.73. The first kappa shape index (κ1) is 14.4. The van der Waals surface area contributed by atoms with Gasteiger partial charge in [-0.25, -0.2) is 0 Å². The Morgan fingerprint density at radius 1 is 1.14 bits per heavy atom. The van der Waals surface area contributed by atoms with Crippen molar-refractivity contribution in [3.05, 3.63) is 64.7 Å². The zero-order valence-corrected chi connectivity index (χ0v) is 12.6. The Bertz CT molecular complexity index is 733. The average Bonchev–Trinajstić information content (AvgIpc) is 2.94. The van der Waals surface area contributed by atoms with Crippen molar-refractivity contribution >= 4 is 6.29 Å². The van der Waals surface area contributed by atoms with Crippen LogP contribution in [0.2, 0.25) is 0 Å². The first-order valence-corrected chi connectivity index (χ1v) is 7.56. The topological polar surface area (TPSA) is 26.3 Å². The van der Waals surface area contributed by atoms with Crippen LogP contribution in [0.1, 0.15) is 35.1 Å². The maximum absolute atomic E-state index is 10.5. The highest BCUT2D eigenvalue weighted by atomic mass is 16.5. The zero-order valence-electron chi connectivity index (χ0n) is 12.6. The van der Waals surface area contributed by atoms with Gasteiger partial charge in [-0.3, -0.25) is 0 Å². The van der Waals surface area contributed by atoms with Crippen molar-refractivity contribution in [2.24, 2.45) is 0 Å². The van der Waals surface area contributed by atoms with Gasteiger partial charge in [-0.05, 0) is 49.2 Å². The van der Waals surface area contributed by atoms with Gasteiger partial charge in [-0.2, -0.15) is 0 Å². The Hall–Kier alpha value is -2.53. The van der Waals surface area contributed by atoms with Crippen LogP contribution in [0.5, 0.6) is 5.75 Å². The summed E-state index contributed by atoms with van der Waals surface area (Å²) in [4.78, 5) is 10.5. The number of hydrogen-bond donors (Lipinski definition) is 0. The highest BCUT2D eigenvalue weighted by Gasteiger charge is 2.22. The second-order valence-electron chi connectivity index (χ2n) is 5.63. The number of fused-ring (bicyclic) bond motifs is 1. The Morgan fingerprint density at radius 3 is 2.64 bits per heavy atom. The van der Waals surface area contributed by atoms with Gasteiger partial charge in [0.05, 0.1) is 0 Å². The van der Waals surface area contributed by atoms with Crippen LogP contribution in [-0.2, 0) is 11.2 Å². The summed E-state index contributed by atoms with van der Waals surface area (Å²) in [6.45, 7) is 2.07. The molecule has 0 radical (unpaired) electrons. The SMILES string of the molecule is Cc1ccc(C#Cc2ccc3c(c2)CC(CCC=O)O3)cc1. The molecule has 3 rings (SSSR count). The maximum Gasteiger partial charge on any atom is 0.123 e. The van der Waals surface area contributed by atoms with E-state index in [9.17, 15) is 4.79 Å². The molecule has 0 bridgehead atoms. The summed E-state index contributed by atoms with van der Waals surface area (Å²) in [6.07, 6.45) is 3.27. The fourth-order valence-electron chi connectivity index (χ4n) is 2.59. The summed E-state index contributed by atoms with van der Waals surface area (Å²) >= 11 is 0. The van der Waals surface area contributed by atoms with E-state index in [4.69, 9.17) is 4.74 Å². The van der Waals surface area contributed by atoms with E-state index in [1.807, 2.05) is 24.3 Å². The van der Waals surface area contributed by atoms with Crippen molar-refractivity contribution in [2.75, 3.05) is 0 Å². The third-order valence-electron chi connectivity index (χ3n) is 3.81. The normalized spacial score (nSPS) is 15.4. The lowest BCUT2D eigenvalue weighted by molar-refractivity contribution is -0.108. The standard InChI is InChI=1S/C20H18O2/c1-15-4-6-16(7-5-15)8-9-17-10-11-20-18(13-17)14-19(22-20)3-2-12-21/h4-7,10-13,19H,2-3,14H2,1H3. The number of hydrogen-bond acceptors (Lipinski definition) is 2. The van der Waals surface area contributed by atoms with E-state index in [0.717, 1.165) is 36.0 Å². The van der Waals surface area contributed by atoms with Gasteiger partial charge in [0, 0.05) is 24.0 Å². The highest BCUT2D eigenvalue weighted by molar-refractivity contribution is 5.50. The van der Waals surface area contributed by atoms with Crippen molar-refractivity contribution in [2.45, 2.75) is 32.3 Å². The van der Waals surface area contributed by atoms with Crippen LogP contribution in [0.15, 0.2) is 42.5 Å². The minimum atomic E-state index is 0.125. The third-order valence-corrected chi connectivity index (χ3v) is 3.81. The van der Waals surface area contributed by atoms with E-state index in [1.54, 1.807) is 0 Å². The summed E-state index contributed by atoms with van der Waals surface area (Å²) in [6, 6.07) is 14.3. The van der Waals surface area contributed by atoms with Crippen LogP contribution in [0.3, 0.4) is 0 Å². The molecule has 2 aromatic carbocycles. The van der Waals surface area contributed by atoms with Crippen molar-refractivity contribution in [1.29, 1.82) is 0 Å². The molecule has 0 amide bonds. The maximum atomic E-state index is 10.5. The third kappa shape index (κ3) is 3.38. The number of aldehydes is 1. The van der Waals surface area contributed by atoms with E-state index in [-0.39, 0.29) is 6.10 Å². The summed E-state index contributed by atoms with van der Waals surface area (Å²) in [5.74, 6) is 7.32. The van der Waals surface area contributed by atoms with Crippen LogP contribution in [0, 0.1) is 18.8 Å². The first-order chi connectivity index (χ1) is 10.7. The number of rotatable bonds is 3. The number of carbonyl (C=O) groups excluding carboxylic acids is 1. The number of aryl methyl sites for hydroxylation is 1. The van der Waals surface area contributed by atoms with E-state index >= 15 is 0 Å². The molecule has 1 heterocycles. The van der Waals surface area contributed by atoms with Gasteiger partial charge in [-0.1, -0.05) is 29.5 Å². The fraction of sp³-hybridized carbons (Fsp3) is 0.250. The van der Waals surface area contributed by atoms with E-state index < -0.39 is 0 Å². The van der Waals surface area contributed by atoms with Crippen molar-refractivity contribution in [3.63, 3.8) is 0 Å². The Morgan fingerprint density at radius 2 is 1.86 bits per heavy atom. The molecule has 0 aromatic heterocycles. The zero-order chi connectivity index (χ0) is 15.4. The molecule has 0 aliphatic carbocycles. The second kappa shape index (κ2) is 6.49. The fourth-order valence-corrected chi connectivity index (χ4v) is 2.59. The molecule has 1 aliphatic rings. The number of carbonyl (C=O) groups is 1. The van der Waals surface area contributed by atoms with Gasteiger partial charge in [0.25, 0.3) is 0 Å². The van der Waals surface area contributed by atoms with Gasteiger partial charge < -0.3 is 9.53 Å². The molecular weight excluding hydrogens is 272 g/mol. The largest absolute Gasteiger partial charge is 0.490 e. The lowest BCUT2D eigenvalue weighted by atomic mass is 10.0. The van der Waals surface area contributed by atoms with Gasteiger partial charge in [-0.15, -0.1) is 0 Å². The minimum Gasteiger partial charge on any atom is -0.490 e. The molecule has 0 N–H and O–H groups in total. The molecule has 0 saturated heterocycles. The van der Waals surface area contributed by atoms with E-state index in [1.165, 1.54) is 11.1 Å². The molecule has 2 heteroatoms. The summed E-state index contributed by atoms with van der Waals surface area (Å²) < 4.78 is 5.83. The van der Waals surface area contributed by atoms with Gasteiger partial charge in [0.1, 0.15) is 18.1 Å². The molecule has 22 heavy (non-hydrogen) atoms. The molecular formula is C20H18O2. The average molecular weight is 290 g/mol. The van der Waals surface area contributed by atoms with Gasteiger partial charge in [0.2, 0.25) is 0 Å². The van der Waals surface area contributed by atoms with Crippen molar-refractivity contribution in [1.82, 2.24) is 0 Å². The number of benzene rings is 2. The first-order valence-electron chi connectivity index (χ1n) is 7.56. The second-order valence-corrected chi connectivity index (χ2v) is 5.63. The minimum absolute atomic E-state index is 0.125. The smallest absolute Gasteiger partial charge is 0.123 e. The summed E-state index contributed by atoms with van der Waals surface area (Å²) in [7, 11) is 0. The summed E-state index contributed by atoms with van der Waals surface area (Å²) in [5.41, 5.74) is 4.44. The molecule has 2 nitrogen and oxygen atoms in total. The summed E-state index contributed by atoms with van der Waals surface area (Å²) in [5, 5.41) is 0. The van der Waals surface area contributed by atoms with Crippen LogP contribution in [0.4, 0.5) is 0 Å². The Kier molecular flexibility index (Phi) is 4.25. The van der Waals surface area contributed by atoms with Gasteiger partial charge >= 0.3 is 0 Å². The lowest BCUT2D eigenvalue weighted by Crippen LogP contribution is -2.12. The van der Waals surface area contributed by atoms with Crippen LogP contribution >= 0.6 is 0 Å². The van der Waals surface area contributed by atoms with E-state index in [0.29, 0.717) is 6.42 Å². The van der Waals surface area contributed by atoms with Gasteiger partial charge in [0.15, 0.2) is 0 Å². The highest BCUT2D eigenvalue weighted by Crippen LogP contribution is 2.30. The van der Waals surface area contributed by atoms with Crippen LogP contribution in [-0.4, -0.2) is 12.4 Å². The molecule has 0 spiro atoms. The van der Waals surface area contributed by atoms with E-state index in [2.05, 4.69) is 37.0 Å². The van der Waals surface area contributed by atoms with Crippen molar-refractivity contribution in [3.8, 4) is 17.6 Å². The predicted octanol–water partition coefficient (Wildman–Crippen LogP) is 3.68. The molecule has 0 saturated carbocycles. The van der Waals surface area contributed by atoms with Crippen molar-refractivity contribution < 1.29 is 9.53 Å². The molecule has 2 aromatic rings. The molecule has 110 valence electrons. The lowest BCUT2D eigenvalue weighted by Gasteiger charge is -2.07. The molecule has 1 unspecified atom stereocenters. The molecule has 0 fully saturated rings. The monoisotopic (exact) mass is 290 g/mol. The number of ether oxygens (including phenoxy) is 1. The van der Waals surface area contributed by atoms with Crippen LogP contribution in [0.25, 0.3) is 0 Å². The van der Waals surface area contributed by atoms with Crippen LogP contribution < -0.4 is 4.74 Å². The predicted molar refractivity (Wildman–Crippen MR) is 87.0 cm³/mol. The molecule has 1 atom stereocenters. The molecule has 1 aliphatic heterocycles. The Labute approximate surface area is 131 Å².